The number of rotatable bonds is 17. The van der Waals surface area contributed by atoms with Gasteiger partial charge < -0.3 is 26.2 Å². The largest absolute Gasteiger partial charge is 0.368 e. The fourth-order valence-electron chi connectivity index (χ4n) is 6.02. The number of hydrogen-bond donors (Lipinski definition) is 3. The Labute approximate surface area is 261 Å². The lowest BCUT2D eigenvalue weighted by atomic mass is 9.88. The molecule has 0 aliphatic carbocycles. The van der Waals surface area contributed by atoms with Gasteiger partial charge in [-0.2, -0.15) is 0 Å². The Balaban J connectivity index is 1.37. The van der Waals surface area contributed by atoms with Crippen LogP contribution in [0.4, 0.5) is 0 Å². The standard InChI is InChI=1S/C35H46N6O3/c1-40-23-10-16-30(40)17-18-32(35(44)41(26-33(36)42)24-20-29-15-8-9-21-38-29)39-34(43)25-37-22-19-31(27-11-4-2-5-12-27)28-13-6-3-7-14-28/h2-9,11-15,21,30-32,37H,10,16-20,22-26H2,1H3,(H2,36,42)(H,39,43)/t30-,32?/m1/s1. The molecule has 3 aromatic rings. The van der Waals surface area contributed by atoms with Gasteiger partial charge in [0.15, 0.2) is 0 Å². The van der Waals surface area contributed by atoms with Crippen molar-refractivity contribution in [1.82, 2.24) is 25.4 Å². The van der Waals surface area contributed by atoms with E-state index in [0.717, 1.165) is 37.9 Å². The number of carbonyl (C=O) groups is 3. The first-order chi connectivity index (χ1) is 21.4. The molecule has 2 heterocycles. The first kappa shape index (κ1) is 32.8. The van der Waals surface area contributed by atoms with E-state index in [2.05, 4.69) is 51.8 Å². The summed E-state index contributed by atoms with van der Waals surface area (Å²) < 4.78 is 0. The van der Waals surface area contributed by atoms with Crippen molar-refractivity contribution < 1.29 is 14.4 Å². The molecular weight excluding hydrogens is 552 g/mol. The number of pyridine rings is 1. The van der Waals surface area contributed by atoms with Crippen molar-refractivity contribution in [3.63, 3.8) is 0 Å². The maximum atomic E-state index is 13.8. The molecule has 0 spiro atoms. The van der Waals surface area contributed by atoms with Crippen LogP contribution in [0, 0.1) is 0 Å². The van der Waals surface area contributed by atoms with E-state index in [1.807, 2.05) is 54.6 Å². The Morgan fingerprint density at radius 1 is 0.977 bits per heavy atom. The van der Waals surface area contributed by atoms with Gasteiger partial charge >= 0.3 is 0 Å². The number of hydrogen-bond acceptors (Lipinski definition) is 6. The fraction of sp³-hybridized carbons (Fsp3) is 0.429. The van der Waals surface area contributed by atoms with Gasteiger partial charge in [-0.15, -0.1) is 0 Å². The minimum absolute atomic E-state index is 0.0904. The molecule has 4 N–H and O–H groups in total. The highest BCUT2D eigenvalue weighted by Crippen LogP contribution is 2.27. The monoisotopic (exact) mass is 598 g/mol. The molecule has 1 aliphatic rings. The summed E-state index contributed by atoms with van der Waals surface area (Å²) in [7, 11) is 2.10. The van der Waals surface area contributed by atoms with Gasteiger partial charge in [0, 0.05) is 36.8 Å². The highest BCUT2D eigenvalue weighted by molar-refractivity contribution is 5.90. The lowest BCUT2D eigenvalue weighted by Gasteiger charge is -2.28. The summed E-state index contributed by atoms with van der Waals surface area (Å²) in [6, 6.07) is 26.0. The van der Waals surface area contributed by atoms with E-state index in [1.54, 1.807) is 6.20 Å². The number of amides is 3. The molecule has 9 nitrogen and oxygen atoms in total. The molecule has 4 rings (SSSR count). The molecule has 2 atom stereocenters. The molecule has 1 fully saturated rings. The number of aromatic nitrogens is 1. The average Bonchev–Trinajstić information content (AvgIpc) is 3.46. The van der Waals surface area contributed by atoms with Crippen molar-refractivity contribution in [3.05, 3.63) is 102 Å². The summed E-state index contributed by atoms with van der Waals surface area (Å²) in [5.74, 6) is -0.926. The molecule has 9 heteroatoms. The quantitative estimate of drug-likeness (QED) is 0.206. The van der Waals surface area contributed by atoms with Crippen LogP contribution in [0.15, 0.2) is 85.1 Å². The molecule has 0 saturated carbocycles. The molecule has 234 valence electrons. The van der Waals surface area contributed by atoms with Gasteiger partial charge in [-0.1, -0.05) is 66.7 Å². The van der Waals surface area contributed by atoms with Crippen LogP contribution in [0.1, 0.15) is 54.8 Å². The van der Waals surface area contributed by atoms with E-state index in [0.29, 0.717) is 25.4 Å². The van der Waals surface area contributed by atoms with Crippen molar-refractivity contribution >= 4 is 17.7 Å². The lowest BCUT2D eigenvalue weighted by molar-refractivity contribution is -0.139. The second-order valence-corrected chi connectivity index (χ2v) is 11.6. The van der Waals surface area contributed by atoms with Crippen LogP contribution < -0.4 is 16.4 Å². The van der Waals surface area contributed by atoms with Gasteiger partial charge in [0.2, 0.25) is 17.7 Å². The SMILES string of the molecule is CN1CCC[C@@H]1CCC(NC(=O)CNCCC(c1ccccc1)c1ccccc1)C(=O)N(CCc1ccccn1)CC(N)=O. The minimum atomic E-state index is -0.747. The van der Waals surface area contributed by atoms with Crippen molar-refractivity contribution in [1.29, 1.82) is 0 Å². The van der Waals surface area contributed by atoms with E-state index in [9.17, 15) is 14.4 Å². The number of primary amides is 1. The van der Waals surface area contributed by atoms with E-state index >= 15 is 0 Å². The first-order valence-corrected chi connectivity index (χ1v) is 15.7. The van der Waals surface area contributed by atoms with Crippen LogP contribution in [0.25, 0.3) is 0 Å². The third-order valence-electron chi connectivity index (χ3n) is 8.42. The zero-order valence-electron chi connectivity index (χ0n) is 25.7. The fourth-order valence-corrected chi connectivity index (χ4v) is 6.02. The van der Waals surface area contributed by atoms with Crippen molar-refractivity contribution in [2.45, 2.75) is 56.5 Å². The van der Waals surface area contributed by atoms with Gasteiger partial charge in [0.1, 0.15) is 6.04 Å². The zero-order chi connectivity index (χ0) is 31.1. The molecular formula is C35H46N6O3. The van der Waals surface area contributed by atoms with Gasteiger partial charge in [0.25, 0.3) is 0 Å². The third-order valence-corrected chi connectivity index (χ3v) is 8.42. The van der Waals surface area contributed by atoms with Crippen LogP contribution in [-0.4, -0.2) is 84.4 Å². The van der Waals surface area contributed by atoms with Crippen LogP contribution in [0.5, 0.6) is 0 Å². The predicted octanol–water partition coefficient (Wildman–Crippen LogP) is 3.11. The minimum Gasteiger partial charge on any atom is -0.368 e. The van der Waals surface area contributed by atoms with Gasteiger partial charge in [0.05, 0.1) is 13.1 Å². The Bertz CT molecular complexity index is 1270. The Kier molecular flexibility index (Phi) is 12.9. The average molecular weight is 599 g/mol. The lowest BCUT2D eigenvalue weighted by Crippen LogP contribution is -2.52. The van der Waals surface area contributed by atoms with E-state index in [4.69, 9.17) is 5.73 Å². The predicted molar refractivity (Wildman–Crippen MR) is 173 cm³/mol. The summed E-state index contributed by atoms with van der Waals surface area (Å²) in [6.07, 6.45) is 6.47. The molecule has 1 saturated heterocycles. The van der Waals surface area contributed by atoms with Crippen LogP contribution in [0.3, 0.4) is 0 Å². The Morgan fingerprint density at radius 3 is 2.25 bits per heavy atom. The molecule has 0 bridgehead atoms. The number of nitrogens with one attached hydrogen (secondary N) is 2. The topological polar surface area (TPSA) is 121 Å². The molecule has 2 aromatic carbocycles. The van der Waals surface area contributed by atoms with Crippen LogP contribution in [-0.2, 0) is 20.8 Å². The molecule has 0 radical (unpaired) electrons. The first-order valence-electron chi connectivity index (χ1n) is 15.7. The van der Waals surface area contributed by atoms with Crippen molar-refractivity contribution in [2.75, 3.05) is 39.8 Å². The molecule has 1 unspecified atom stereocenters. The van der Waals surface area contributed by atoms with Gasteiger partial charge in [-0.05, 0) is 75.5 Å². The summed E-state index contributed by atoms with van der Waals surface area (Å²) in [6.45, 7) is 1.83. The molecule has 3 amide bonds. The number of likely N-dealkylation sites (tertiary alicyclic amines) is 1. The number of nitrogens with two attached hydrogens (primary N) is 1. The Hall–Kier alpha value is -4.08. The van der Waals surface area contributed by atoms with Crippen molar-refractivity contribution in [2.24, 2.45) is 5.73 Å². The van der Waals surface area contributed by atoms with Crippen LogP contribution >= 0.6 is 0 Å². The van der Waals surface area contributed by atoms with E-state index < -0.39 is 11.9 Å². The Morgan fingerprint density at radius 2 is 1.66 bits per heavy atom. The van der Waals surface area contributed by atoms with E-state index in [1.165, 1.54) is 16.0 Å². The molecule has 1 aliphatic heterocycles. The third kappa shape index (κ3) is 10.3. The molecule has 1 aromatic heterocycles. The van der Waals surface area contributed by atoms with Crippen molar-refractivity contribution in [3.8, 4) is 0 Å². The summed E-state index contributed by atoms with van der Waals surface area (Å²) in [5, 5.41) is 6.26. The smallest absolute Gasteiger partial charge is 0.245 e. The number of carbonyl (C=O) groups excluding carboxylic acids is 3. The second kappa shape index (κ2) is 17.3. The number of benzene rings is 2. The van der Waals surface area contributed by atoms with Gasteiger partial charge in [-0.25, -0.2) is 0 Å². The van der Waals surface area contributed by atoms with Gasteiger partial charge in [-0.3, -0.25) is 19.4 Å². The maximum absolute atomic E-state index is 13.8. The van der Waals surface area contributed by atoms with Crippen LogP contribution in [0.2, 0.25) is 0 Å². The highest BCUT2D eigenvalue weighted by Gasteiger charge is 2.29. The molecule has 44 heavy (non-hydrogen) atoms. The van der Waals surface area contributed by atoms with E-state index in [-0.39, 0.29) is 37.4 Å². The normalized spacial score (nSPS) is 15.6. The zero-order valence-corrected chi connectivity index (χ0v) is 25.7. The second-order valence-electron chi connectivity index (χ2n) is 11.6. The maximum Gasteiger partial charge on any atom is 0.245 e. The summed E-state index contributed by atoms with van der Waals surface area (Å²) >= 11 is 0. The highest BCUT2D eigenvalue weighted by atomic mass is 16.2. The summed E-state index contributed by atoms with van der Waals surface area (Å²) in [4.78, 5) is 47.0. The number of nitrogens with zero attached hydrogens (tertiary/aromatic N) is 3. The summed E-state index contributed by atoms with van der Waals surface area (Å²) in [5.41, 5.74) is 8.81.